The molecule has 4 aromatic rings. The van der Waals surface area contributed by atoms with E-state index in [0.29, 0.717) is 23.5 Å². The Morgan fingerprint density at radius 2 is 1.72 bits per heavy atom. The average molecular weight is 550 g/mol. The molecule has 0 aliphatic carbocycles. The number of nitrogens with zero attached hydrogens (tertiary/aromatic N) is 3. The molecule has 0 aliphatic heterocycles. The monoisotopic (exact) mass is 549 g/mol. The van der Waals surface area contributed by atoms with E-state index in [0.717, 1.165) is 11.3 Å². The van der Waals surface area contributed by atoms with Crippen LogP contribution in [0.1, 0.15) is 20.8 Å². The molecule has 0 radical (unpaired) electrons. The first-order valence-electron chi connectivity index (χ1n) is 11.9. The largest absolute Gasteiger partial charge is 0.411 e. The lowest BCUT2D eigenvalue weighted by Gasteiger charge is -2.10. The van der Waals surface area contributed by atoms with Crippen molar-refractivity contribution in [1.82, 2.24) is 20.4 Å². The Morgan fingerprint density at radius 1 is 1.08 bits per heavy atom. The first kappa shape index (κ1) is 27.3. The molecule has 0 aliphatic rings. The Bertz CT molecular complexity index is 1600. The van der Waals surface area contributed by atoms with Crippen molar-refractivity contribution < 1.29 is 22.5 Å². The molecule has 13 heteroatoms. The predicted molar refractivity (Wildman–Crippen MR) is 146 cm³/mol. The third-order valence-electron chi connectivity index (χ3n) is 5.58. The van der Waals surface area contributed by atoms with E-state index in [2.05, 4.69) is 25.8 Å². The number of nitrogens with two attached hydrogens (primary N) is 1. The number of primary amides is 1. The highest BCUT2D eigenvalue weighted by atomic mass is 32.2. The van der Waals surface area contributed by atoms with Crippen molar-refractivity contribution >= 4 is 27.6 Å². The van der Waals surface area contributed by atoms with Crippen LogP contribution < -0.4 is 21.1 Å². The second-order valence-electron chi connectivity index (χ2n) is 8.63. The first-order valence-corrected chi connectivity index (χ1v) is 13.5. The molecular weight excluding hydrogens is 522 g/mol. The summed E-state index contributed by atoms with van der Waals surface area (Å²) in [6.07, 6.45) is 0.300. The molecule has 2 heterocycles. The van der Waals surface area contributed by atoms with Crippen LogP contribution in [-0.2, 0) is 9.84 Å². The van der Waals surface area contributed by atoms with Crippen molar-refractivity contribution in [3.05, 3.63) is 60.8 Å². The van der Waals surface area contributed by atoms with Gasteiger partial charge in [0.25, 0.3) is 5.88 Å². The summed E-state index contributed by atoms with van der Waals surface area (Å²) < 4.78 is 35.5. The summed E-state index contributed by atoms with van der Waals surface area (Å²) in [7, 11) is -3.43. The second-order valence-corrected chi connectivity index (χ2v) is 11.1. The summed E-state index contributed by atoms with van der Waals surface area (Å²) >= 11 is 0. The molecule has 0 atom stereocenters. The van der Waals surface area contributed by atoms with E-state index >= 15 is 0 Å². The van der Waals surface area contributed by atoms with Gasteiger partial charge in [0.15, 0.2) is 27.3 Å². The number of rotatable bonds is 8. The topological polar surface area (TPSA) is 186 Å². The fourth-order valence-corrected chi connectivity index (χ4v) is 4.61. The predicted octanol–water partition coefficient (Wildman–Crippen LogP) is 4.06. The zero-order chi connectivity index (χ0) is 28.2. The first-order chi connectivity index (χ1) is 18.6. The van der Waals surface area contributed by atoms with Crippen molar-refractivity contribution in [3.8, 4) is 39.8 Å². The van der Waals surface area contributed by atoms with Crippen LogP contribution in [0.4, 0.5) is 10.5 Å². The lowest BCUT2D eigenvalue weighted by atomic mass is 10.1. The van der Waals surface area contributed by atoms with Crippen LogP contribution in [0.2, 0.25) is 0 Å². The number of carbonyl (C=O) groups is 1. The molecule has 39 heavy (non-hydrogen) atoms. The maximum Gasteiger partial charge on any atom is 0.411 e. The van der Waals surface area contributed by atoms with Gasteiger partial charge in [-0.1, -0.05) is 29.4 Å². The molecule has 0 unspecified atom stereocenters. The molecule has 202 valence electrons. The minimum Gasteiger partial charge on any atom is -0.389 e. The van der Waals surface area contributed by atoms with E-state index in [1.807, 2.05) is 6.92 Å². The van der Waals surface area contributed by atoms with Crippen LogP contribution in [-0.4, -0.2) is 47.4 Å². The minimum atomic E-state index is -3.43. The van der Waals surface area contributed by atoms with Crippen LogP contribution in [0.3, 0.4) is 0 Å². The summed E-state index contributed by atoms with van der Waals surface area (Å²) in [5.41, 5.74) is 8.19. The Morgan fingerprint density at radius 3 is 2.33 bits per heavy atom. The van der Waals surface area contributed by atoms with Gasteiger partial charge in [-0.05, 0) is 45.0 Å². The number of carbonyl (C=O) groups excluding carboxylic acids is 1. The van der Waals surface area contributed by atoms with E-state index in [1.54, 1.807) is 56.3 Å². The number of hydrogen-bond acceptors (Lipinski definition) is 9. The Labute approximate surface area is 225 Å². The smallest absolute Gasteiger partial charge is 0.389 e. The van der Waals surface area contributed by atoms with Crippen molar-refractivity contribution in [2.45, 2.75) is 30.9 Å². The number of guanidine groups is 1. The summed E-state index contributed by atoms with van der Waals surface area (Å²) in [6, 6.07) is 15.1. The third kappa shape index (κ3) is 6.21. The molecule has 0 saturated carbocycles. The van der Waals surface area contributed by atoms with Crippen molar-refractivity contribution in [2.75, 3.05) is 11.9 Å². The van der Waals surface area contributed by atoms with Gasteiger partial charge in [-0.3, -0.25) is 5.41 Å². The van der Waals surface area contributed by atoms with Gasteiger partial charge in [-0.15, -0.1) is 0 Å². The quantitative estimate of drug-likeness (QED) is 0.184. The number of sulfone groups is 1. The van der Waals surface area contributed by atoms with Crippen molar-refractivity contribution in [1.29, 1.82) is 5.41 Å². The van der Waals surface area contributed by atoms with Crippen LogP contribution in [0.25, 0.3) is 34.0 Å². The Hall–Kier alpha value is -4.78. The van der Waals surface area contributed by atoms with E-state index < -0.39 is 21.2 Å². The number of hydrogen-bond donors (Lipinski definition) is 4. The number of nitrogens with one attached hydrogen (secondary N) is 3. The summed E-state index contributed by atoms with van der Waals surface area (Å²) in [5, 5.41) is 17.2. The second kappa shape index (κ2) is 11.3. The zero-order valence-electron chi connectivity index (χ0n) is 21.4. The Kier molecular flexibility index (Phi) is 7.91. The van der Waals surface area contributed by atoms with Gasteiger partial charge in [0.05, 0.1) is 22.0 Å². The van der Waals surface area contributed by atoms with Crippen molar-refractivity contribution in [3.63, 3.8) is 0 Å². The molecule has 2 aromatic carbocycles. The fourth-order valence-electron chi connectivity index (χ4n) is 3.55. The molecule has 5 N–H and O–H groups in total. The Balaban J connectivity index is 1.65. The number of benzene rings is 2. The van der Waals surface area contributed by atoms with Gasteiger partial charge in [0.2, 0.25) is 0 Å². The van der Waals surface area contributed by atoms with Crippen LogP contribution in [0, 0.1) is 5.41 Å². The van der Waals surface area contributed by atoms with Crippen LogP contribution >= 0.6 is 0 Å². The maximum absolute atomic E-state index is 12.5. The van der Waals surface area contributed by atoms with Crippen LogP contribution in [0.15, 0.2) is 70.2 Å². The SMILES string of the molecule is CCNC(=N)Nc1ccc(-c2cc(-c3nc(-c4ccc(S(=O)(=O)C(C)C)cc4)cnc3OC(N)=O)on2)cc1. The lowest BCUT2D eigenvalue weighted by Crippen LogP contribution is -2.28. The molecule has 4 rings (SSSR count). The number of amides is 1. The highest BCUT2D eigenvalue weighted by molar-refractivity contribution is 7.92. The zero-order valence-corrected chi connectivity index (χ0v) is 22.2. The van der Waals surface area contributed by atoms with E-state index in [9.17, 15) is 13.2 Å². The maximum atomic E-state index is 12.5. The van der Waals surface area contributed by atoms with Gasteiger partial charge in [0.1, 0.15) is 5.69 Å². The molecule has 0 bridgehead atoms. The molecule has 0 fully saturated rings. The number of aromatic nitrogens is 3. The normalized spacial score (nSPS) is 11.3. The summed E-state index contributed by atoms with van der Waals surface area (Å²) in [4.78, 5) is 20.4. The van der Waals surface area contributed by atoms with Gasteiger partial charge < -0.3 is 25.6 Å². The molecule has 0 spiro atoms. The van der Waals surface area contributed by atoms with E-state index in [1.165, 1.54) is 18.3 Å². The molecule has 0 saturated heterocycles. The van der Waals surface area contributed by atoms with Gasteiger partial charge >= 0.3 is 6.09 Å². The number of anilines is 1. The van der Waals surface area contributed by atoms with Crippen molar-refractivity contribution in [2.24, 2.45) is 5.73 Å². The van der Waals surface area contributed by atoms with Gasteiger partial charge in [-0.25, -0.2) is 23.2 Å². The van der Waals surface area contributed by atoms with Gasteiger partial charge in [-0.2, -0.15) is 0 Å². The molecule has 12 nitrogen and oxygen atoms in total. The summed E-state index contributed by atoms with van der Waals surface area (Å²) in [6.45, 7) is 5.76. The third-order valence-corrected chi connectivity index (χ3v) is 7.75. The fraction of sp³-hybridized carbons (Fsp3) is 0.192. The van der Waals surface area contributed by atoms with Gasteiger partial charge in [0, 0.05) is 29.4 Å². The highest BCUT2D eigenvalue weighted by Crippen LogP contribution is 2.32. The number of ether oxygens (including phenoxy) is 1. The minimum absolute atomic E-state index is 0.0845. The molecule has 2 aromatic heterocycles. The average Bonchev–Trinajstić information content (AvgIpc) is 3.39. The molecular formula is C26H27N7O5S. The van der Waals surface area contributed by atoms with E-state index in [4.69, 9.17) is 20.4 Å². The standard InChI is InChI=1S/C26H27N7O5S/c1-4-29-25(27)31-18-9-5-16(6-10-18)20-13-22(38-33-20)23-24(37-26(28)34)30-14-21(32-23)17-7-11-19(12-8-17)39(35,36)15(2)3/h5-15H,4H2,1-3H3,(H2,28,34)(H3,27,29,31). The highest BCUT2D eigenvalue weighted by Gasteiger charge is 2.21. The summed E-state index contributed by atoms with van der Waals surface area (Å²) in [5.74, 6) is 0.186. The lowest BCUT2D eigenvalue weighted by molar-refractivity contribution is 0.209. The van der Waals surface area contributed by atoms with Crippen LogP contribution in [0.5, 0.6) is 5.88 Å². The van der Waals surface area contributed by atoms with E-state index in [-0.39, 0.29) is 28.2 Å². The molecule has 1 amide bonds.